The molecule has 2 amide bonds. The van der Waals surface area contributed by atoms with E-state index in [2.05, 4.69) is 15.5 Å². The Morgan fingerprint density at radius 1 is 1.48 bits per heavy atom. The number of aliphatic hydroxyl groups is 1. The van der Waals surface area contributed by atoms with Gasteiger partial charge in [0, 0.05) is 5.38 Å². The van der Waals surface area contributed by atoms with E-state index < -0.39 is 58.1 Å². The zero-order valence-corrected chi connectivity index (χ0v) is 16.6. The minimum absolute atomic E-state index is 0.0135. The number of aromatic nitrogens is 1. The van der Waals surface area contributed by atoms with Crippen LogP contribution < -0.4 is 11.1 Å². The molecule has 1 aliphatic heterocycles. The van der Waals surface area contributed by atoms with Gasteiger partial charge in [-0.3, -0.25) is 14.1 Å². The van der Waals surface area contributed by atoms with Crippen LogP contribution in [0.1, 0.15) is 19.5 Å². The number of hydrogen-bond donors (Lipinski definition) is 5. The molecule has 0 aliphatic carbocycles. The third kappa shape index (κ3) is 4.61. The average Bonchev–Trinajstić information content (AvgIpc) is 3.01. The first-order valence-corrected chi connectivity index (χ1v) is 10.0. The predicted molar refractivity (Wildman–Crippen MR) is 97.1 cm³/mol. The second-order valence-corrected chi connectivity index (χ2v) is 8.41. The molecule has 160 valence electrons. The second-order valence-electron chi connectivity index (χ2n) is 6.23. The highest BCUT2D eigenvalue weighted by atomic mass is 32.2. The molecular weight excluding hydrogens is 434 g/mol. The molecule has 0 radical (unpaired) electrons. The zero-order chi connectivity index (χ0) is 22.1. The number of anilines is 1. The summed E-state index contributed by atoms with van der Waals surface area (Å²) in [5, 5.41) is 25.4. The van der Waals surface area contributed by atoms with E-state index in [9.17, 15) is 27.9 Å². The number of β-lactam (4-membered cyclic amide) rings is 1. The summed E-state index contributed by atoms with van der Waals surface area (Å²) in [6.45, 7) is 1.46. The topological polar surface area (TPSA) is 222 Å². The minimum Gasteiger partial charge on any atom is -0.478 e. The maximum Gasteiger partial charge on any atom is 0.362 e. The van der Waals surface area contributed by atoms with Crippen molar-refractivity contribution in [1.29, 1.82) is 0 Å². The molecule has 29 heavy (non-hydrogen) atoms. The number of aliphatic carboxylic acids is 1. The molecule has 0 bridgehead atoms. The van der Waals surface area contributed by atoms with Crippen molar-refractivity contribution in [2.75, 3.05) is 12.3 Å². The van der Waals surface area contributed by atoms with E-state index in [1.165, 1.54) is 19.2 Å². The number of thiazole rings is 1. The van der Waals surface area contributed by atoms with Crippen LogP contribution in [-0.4, -0.2) is 80.3 Å². The summed E-state index contributed by atoms with van der Waals surface area (Å²) in [6, 6.07) is -2.94. The standard InChI is InChI=1S/C13H17N5O9S2/c1-13(2,11(22)23)27-17-7(5-4-28-12(14)15-5)9(20)16-8-6(3-19)18(10(8)21)29(24,25)26/h4,6,8,19H,3H2,1-2H3,(H2,14,15)(H,16,20)(H,22,23)(H,24,25,26)/t6-,8+/m0/s1. The Morgan fingerprint density at radius 2 is 2.10 bits per heavy atom. The summed E-state index contributed by atoms with van der Waals surface area (Å²) in [7, 11) is -4.93. The van der Waals surface area contributed by atoms with Gasteiger partial charge in [0.15, 0.2) is 10.8 Å². The molecule has 0 aromatic carbocycles. The van der Waals surface area contributed by atoms with Crippen LogP contribution in [0, 0.1) is 0 Å². The quantitative estimate of drug-likeness (QED) is 0.123. The Morgan fingerprint density at radius 3 is 2.55 bits per heavy atom. The molecular formula is C13H17N5O9S2. The fraction of sp³-hybridized carbons (Fsp3) is 0.462. The number of carbonyl (C=O) groups is 3. The van der Waals surface area contributed by atoms with E-state index in [-0.39, 0.29) is 15.1 Å². The summed E-state index contributed by atoms with van der Waals surface area (Å²) in [4.78, 5) is 44.4. The summed E-state index contributed by atoms with van der Waals surface area (Å²) in [6.07, 6.45) is 0. The maximum absolute atomic E-state index is 12.6. The van der Waals surface area contributed by atoms with E-state index in [0.29, 0.717) is 0 Å². The Balaban J connectivity index is 2.29. The normalized spacial score (nSPS) is 20.2. The van der Waals surface area contributed by atoms with E-state index in [0.717, 1.165) is 11.3 Å². The molecule has 2 rings (SSSR count). The van der Waals surface area contributed by atoms with Crippen LogP contribution in [0.3, 0.4) is 0 Å². The Hall–Kier alpha value is -2.82. The number of nitrogens with one attached hydrogen (secondary N) is 1. The molecule has 2 atom stereocenters. The number of oxime groups is 1. The largest absolute Gasteiger partial charge is 0.478 e. The molecule has 0 saturated carbocycles. The summed E-state index contributed by atoms with van der Waals surface area (Å²) in [5.74, 6) is -3.65. The number of nitrogens with zero attached hydrogens (tertiary/aromatic N) is 3. The second kappa shape index (κ2) is 7.90. The third-order valence-electron chi connectivity index (χ3n) is 3.75. The number of nitrogens with two attached hydrogens (primary N) is 1. The van der Waals surface area contributed by atoms with Crippen LogP contribution in [0.2, 0.25) is 0 Å². The van der Waals surface area contributed by atoms with Crippen LogP contribution in [0.25, 0.3) is 0 Å². The van der Waals surface area contributed by atoms with Crippen molar-refractivity contribution < 1.29 is 42.4 Å². The van der Waals surface area contributed by atoms with Crippen molar-refractivity contribution in [1.82, 2.24) is 14.6 Å². The number of rotatable bonds is 8. The van der Waals surface area contributed by atoms with Crippen LogP contribution >= 0.6 is 11.3 Å². The van der Waals surface area contributed by atoms with Gasteiger partial charge < -0.3 is 26.1 Å². The van der Waals surface area contributed by atoms with Gasteiger partial charge in [0.2, 0.25) is 5.60 Å². The van der Waals surface area contributed by atoms with Gasteiger partial charge in [-0.25, -0.2) is 14.1 Å². The number of amides is 2. The number of hydrogen-bond acceptors (Lipinski definition) is 11. The van der Waals surface area contributed by atoms with Crippen molar-refractivity contribution in [3.8, 4) is 0 Å². The number of aliphatic hydroxyl groups excluding tert-OH is 1. The molecule has 14 nitrogen and oxygen atoms in total. The number of carboxylic acids is 1. The lowest BCUT2D eigenvalue weighted by atomic mass is 9.99. The van der Waals surface area contributed by atoms with Gasteiger partial charge in [-0.15, -0.1) is 11.3 Å². The molecule has 1 aliphatic rings. The van der Waals surface area contributed by atoms with E-state index in [1.807, 2.05) is 0 Å². The SMILES string of the molecule is CC(C)(ON=C(C(=O)N[C@H]1C(=O)N(S(=O)(=O)O)[C@H]1CO)c1csc(N)n1)C(=O)O. The summed E-state index contributed by atoms with van der Waals surface area (Å²) in [5.41, 5.74) is 3.07. The van der Waals surface area contributed by atoms with Crippen LogP contribution in [0.4, 0.5) is 5.13 Å². The first kappa shape index (κ1) is 22.5. The van der Waals surface area contributed by atoms with E-state index >= 15 is 0 Å². The van der Waals surface area contributed by atoms with Crippen molar-refractivity contribution >= 4 is 50.3 Å². The van der Waals surface area contributed by atoms with Gasteiger partial charge in [0.25, 0.3) is 11.8 Å². The fourth-order valence-corrected chi connectivity index (χ4v) is 3.57. The third-order valence-corrected chi connectivity index (χ3v) is 5.37. The van der Waals surface area contributed by atoms with Gasteiger partial charge >= 0.3 is 16.3 Å². The molecule has 1 fully saturated rings. The molecule has 1 saturated heterocycles. The van der Waals surface area contributed by atoms with Crippen molar-refractivity contribution in [3.63, 3.8) is 0 Å². The van der Waals surface area contributed by atoms with Crippen molar-refractivity contribution in [2.45, 2.75) is 31.5 Å². The summed E-state index contributed by atoms with van der Waals surface area (Å²) >= 11 is 0.944. The number of carboxylic acid groups (broad SMARTS) is 1. The molecule has 2 heterocycles. The molecule has 16 heteroatoms. The lowest BCUT2D eigenvalue weighted by molar-refractivity contribution is -0.161. The number of carbonyl (C=O) groups excluding carboxylic acids is 2. The van der Waals surface area contributed by atoms with E-state index in [4.69, 9.17) is 20.2 Å². The van der Waals surface area contributed by atoms with Gasteiger partial charge in [-0.1, -0.05) is 5.16 Å². The average molecular weight is 451 g/mol. The zero-order valence-electron chi connectivity index (χ0n) is 15.0. The first-order valence-electron chi connectivity index (χ1n) is 7.73. The van der Waals surface area contributed by atoms with Gasteiger partial charge in [0.05, 0.1) is 6.61 Å². The fourth-order valence-electron chi connectivity index (χ4n) is 2.15. The Bertz CT molecular complexity index is 971. The molecule has 6 N–H and O–H groups in total. The van der Waals surface area contributed by atoms with Crippen LogP contribution in [0.15, 0.2) is 10.5 Å². The maximum atomic E-state index is 12.6. The number of nitrogen functional groups attached to an aromatic ring is 1. The van der Waals surface area contributed by atoms with Crippen LogP contribution in [-0.2, 0) is 29.5 Å². The van der Waals surface area contributed by atoms with Gasteiger partial charge in [-0.05, 0) is 13.8 Å². The minimum atomic E-state index is -4.93. The molecule has 1 aromatic rings. The lowest BCUT2D eigenvalue weighted by Crippen LogP contribution is -2.73. The highest BCUT2D eigenvalue weighted by Crippen LogP contribution is 2.23. The summed E-state index contributed by atoms with van der Waals surface area (Å²) < 4.78 is 31.4. The first-order chi connectivity index (χ1) is 13.3. The molecule has 0 unspecified atom stereocenters. The van der Waals surface area contributed by atoms with Gasteiger partial charge in [-0.2, -0.15) is 8.42 Å². The Kier molecular flexibility index (Phi) is 6.12. The van der Waals surface area contributed by atoms with Crippen molar-refractivity contribution in [3.05, 3.63) is 11.1 Å². The Labute approximate surface area is 167 Å². The van der Waals surface area contributed by atoms with Crippen molar-refractivity contribution in [2.24, 2.45) is 5.16 Å². The predicted octanol–water partition coefficient (Wildman–Crippen LogP) is -2.20. The molecule has 0 spiro atoms. The van der Waals surface area contributed by atoms with E-state index in [1.54, 1.807) is 0 Å². The highest BCUT2D eigenvalue weighted by Gasteiger charge is 2.54. The van der Waals surface area contributed by atoms with Crippen LogP contribution in [0.5, 0.6) is 0 Å². The monoisotopic (exact) mass is 451 g/mol. The smallest absolute Gasteiger partial charge is 0.362 e. The van der Waals surface area contributed by atoms with Gasteiger partial charge in [0.1, 0.15) is 17.8 Å². The highest BCUT2D eigenvalue weighted by molar-refractivity contribution is 7.84. The molecule has 1 aromatic heterocycles. The lowest BCUT2D eigenvalue weighted by Gasteiger charge is -2.43.